The average molecular weight is 234 g/mol. The Bertz CT molecular complexity index is 215. The second-order valence-electron chi connectivity index (χ2n) is 4.46. The molecule has 0 fully saturated rings. The van der Waals surface area contributed by atoms with E-state index >= 15 is 0 Å². The molecule has 0 aromatic carbocycles. The third-order valence-corrected chi connectivity index (χ3v) is 4.85. The van der Waals surface area contributed by atoms with Gasteiger partial charge in [0, 0.05) is 0 Å². The molecule has 4 unspecified atom stereocenters. The summed E-state index contributed by atoms with van der Waals surface area (Å²) >= 11 is 0. The Kier molecular flexibility index (Phi) is 5.01. The smallest absolute Gasteiger partial charge is 0.122 e. The topological polar surface area (TPSA) is 0 Å². The highest BCUT2D eigenvalue weighted by Gasteiger charge is 2.28. The van der Waals surface area contributed by atoms with Gasteiger partial charge in [-0.2, -0.15) is 0 Å². The molecule has 0 saturated heterocycles. The van der Waals surface area contributed by atoms with E-state index in [1.807, 2.05) is 0 Å². The largest absolute Gasteiger partial charge is 0.243 e. The summed E-state index contributed by atoms with van der Waals surface area (Å²) in [6.45, 7) is 4.39. The SMILES string of the molecule is CCC(C)CC1C[C@H](P)C(P)=C[C@@H]1F. The molecule has 0 aromatic rings. The van der Waals surface area contributed by atoms with E-state index in [0.717, 1.165) is 24.6 Å². The van der Waals surface area contributed by atoms with Crippen LogP contribution in [0.4, 0.5) is 4.39 Å². The molecular formula is C11H21FP2. The van der Waals surface area contributed by atoms with Crippen LogP contribution in [0.3, 0.4) is 0 Å². The Morgan fingerprint density at radius 2 is 2.29 bits per heavy atom. The normalized spacial score (nSPS) is 35.2. The van der Waals surface area contributed by atoms with E-state index < -0.39 is 6.17 Å². The second-order valence-corrected chi connectivity index (χ2v) is 5.93. The molecule has 1 aliphatic carbocycles. The molecule has 82 valence electrons. The first kappa shape index (κ1) is 12.6. The van der Waals surface area contributed by atoms with Crippen molar-refractivity contribution in [1.29, 1.82) is 0 Å². The van der Waals surface area contributed by atoms with Gasteiger partial charge in [0.25, 0.3) is 0 Å². The summed E-state index contributed by atoms with van der Waals surface area (Å²) in [6.07, 6.45) is 4.21. The first-order chi connectivity index (χ1) is 6.54. The molecule has 0 nitrogen and oxygen atoms in total. The van der Waals surface area contributed by atoms with Gasteiger partial charge in [0.1, 0.15) is 6.17 Å². The van der Waals surface area contributed by atoms with Gasteiger partial charge in [-0.05, 0) is 41.7 Å². The van der Waals surface area contributed by atoms with E-state index in [0.29, 0.717) is 11.6 Å². The van der Waals surface area contributed by atoms with E-state index in [9.17, 15) is 4.39 Å². The first-order valence-corrected chi connectivity index (χ1v) is 6.65. The van der Waals surface area contributed by atoms with Gasteiger partial charge >= 0.3 is 0 Å². The van der Waals surface area contributed by atoms with Crippen LogP contribution in [0.2, 0.25) is 0 Å². The molecule has 3 heteroatoms. The highest BCUT2D eigenvalue weighted by atomic mass is 31.0. The lowest BCUT2D eigenvalue weighted by Gasteiger charge is -2.30. The van der Waals surface area contributed by atoms with Gasteiger partial charge in [0.05, 0.1) is 0 Å². The van der Waals surface area contributed by atoms with Gasteiger partial charge in [-0.3, -0.25) is 0 Å². The predicted molar refractivity (Wildman–Crippen MR) is 68.4 cm³/mol. The van der Waals surface area contributed by atoms with Crippen molar-refractivity contribution >= 4 is 18.5 Å². The maximum absolute atomic E-state index is 13.7. The molecule has 0 aromatic heterocycles. The third-order valence-electron chi connectivity index (χ3n) is 3.19. The minimum absolute atomic E-state index is 0.233. The summed E-state index contributed by atoms with van der Waals surface area (Å²) in [5.41, 5.74) is 0.459. The molecule has 0 aliphatic heterocycles. The Labute approximate surface area is 91.5 Å². The van der Waals surface area contributed by atoms with Gasteiger partial charge in [-0.25, -0.2) is 4.39 Å². The van der Waals surface area contributed by atoms with Gasteiger partial charge in [0.2, 0.25) is 0 Å². The van der Waals surface area contributed by atoms with E-state index in [1.165, 1.54) is 0 Å². The Morgan fingerprint density at radius 1 is 1.64 bits per heavy atom. The van der Waals surface area contributed by atoms with E-state index in [-0.39, 0.29) is 5.92 Å². The fourth-order valence-electron chi connectivity index (χ4n) is 1.95. The monoisotopic (exact) mass is 234 g/mol. The Hall–Kier alpha value is 0.530. The van der Waals surface area contributed by atoms with Crippen LogP contribution < -0.4 is 0 Å². The van der Waals surface area contributed by atoms with Crippen LogP contribution in [0, 0.1) is 11.8 Å². The molecule has 0 radical (unpaired) electrons. The number of rotatable bonds is 3. The van der Waals surface area contributed by atoms with Crippen LogP contribution in [0.15, 0.2) is 11.4 Å². The molecular weight excluding hydrogens is 213 g/mol. The van der Waals surface area contributed by atoms with Gasteiger partial charge in [-0.1, -0.05) is 20.3 Å². The summed E-state index contributed by atoms with van der Waals surface area (Å²) < 4.78 is 13.7. The van der Waals surface area contributed by atoms with Crippen LogP contribution in [0.5, 0.6) is 0 Å². The van der Waals surface area contributed by atoms with Crippen LogP contribution in [-0.2, 0) is 0 Å². The standard InChI is InChI=1S/C11H21FP2/c1-3-7(2)4-8-5-10(13)11(14)6-9(8)12/h6-10H,3-5,13-14H2,1-2H3/t7?,8?,9-,10-/m0/s1. The van der Waals surface area contributed by atoms with E-state index in [4.69, 9.17) is 0 Å². The zero-order valence-corrected chi connectivity index (χ0v) is 11.4. The minimum atomic E-state index is -0.728. The lowest BCUT2D eigenvalue weighted by atomic mass is 9.84. The molecule has 1 rings (SSSR count). The van der Waals surface area contributed by atoms with E-state index in [1.54, 1.807) is 6.08 Å². The van der Waals surface area contributed by atoms with Crippen molar-refractivity contribution in [2.45, 2.75) is 44.9 Å². The van der Waals surface area contributed by atoms with Crippen LogP contribution in [0.25, 0.3) is 0 Å². The summed E-state index contributed by atoms with van der Waals surface area (Å²) in [5.74, 6) is 0.881. The lowest BCUT2D eigenvalue weighted by Crippen LogP contribution is -2.25. The molecule has 0 saturated carbocycles. The average Bonchev–Trinajstić information content (AvgIpc) is 2.14. The van der Waals surface area contributed by atoms with Gasteiger partial charge < -0.3 is 0 Å². The molecule has 14 heavy (non-hydrogen) atoms. The fraction of sp³-hybridized carbons (Fsp3) is 0.818. The van der Waals surface area contributed by atoms with Crippen molar-refractivity contribution < 1.29 is 4.39 Å². The number of halogens is 1. The van der Waals surface area contributed by atoms with E-state index in [2.05, 4.69) is 32.3 Å². The highest BCUT2D eigenvalue weighted by molar-refractivity contribution is 7.27. The molecule has 1 aliphatic rings. The van der Waals surface area contributed by atoms with Crippen molar-refractivity contribution in [1.82, 2.24) is 0 Å². The van der Waals surface area contributed by atoms with Gasteiger partial charge in [0.15, 0.2) is 0 Å². The summed E-state index contributed by atoms with van der Waals surface area (Å²) in [5, 5.41) is 1.11. The third kappa shape index (κ3) is 3.28. The second kappa shape index (κ2) is 5.57. The summed E-state index contributed by atoms with van der Waals surface area (Å²) in [7, 11) is 5.45. The first-order valence-electron chi connectivity index (χ1n) is 5.41. The van der Waals surface area contributed by atoms with Crippen molar-refractivity contribution in [3.8, 4) is 0 Å². The Morgan fingerprint density at radius 3 is 2.86 bits per heavy atom. The lowest BCUT2D eigenvalue weighted by molar-refractivity contribution is 0.220. The molecule has 0 spiro atoms. The molecule has 0 bridgehead atoms. The molecule has 0 N–H and O–H groups in total. The maximum atomic E-state index is 13.7. The minimum Gasteiger partial charge on any atom is -0.243 e. The van der Waals surface area contributed by atoms with Crippen LogP contribution in [-0.4, -0.2) is 11.8 Å². The van der Waals surface area contributed by atoms with Crippen LogP contribution in [0.1, 0.15) is 33.1 Å². The van der Waals surface area contributed by atoms with Gasteiger partial charge in [-0.15, -0.1) is 18.5 Å². The van der Waals surface area contributed by atoms with Crippen molar-refractivity contribution in [3.05, 3.63) is 11.4 Å². The zero-order valence-electron chi connectivity index (χ0n) is 9.04. The predicted octanol–water partition coefficient (Wildman–Crippen LogP) is 3.78. The summed E-state index contributed by atoms with van der Waals surface area (Å²) in [6, 6.07) is 0. The van der Waals surface area contributed by atoms with Crippen LogP contribution >= 0.6 is 18.5 Å². The quantitative estimate of drug-likeness (QED) is 0.652. The highest BCUT2D eigenvalue weighted by Crippen LogP contribution is 2.37. The molecule has 6 atom stereocenters. The molecule has 0 heterocycles. The Balaban J connectivity index is 2.55. The van der Waals surface area contributed by atoms with Crippen molar-refractivity contribution in [3.63, 3.8) is 0 Å². The zero-order chi connectivity index (χ0) is 10.7. The maximum Gasteiger partial charge on any atom is 0.122 e. The van der Waals surface area contributed by atoms with Crippen molar-refractivity contribution in [2.24, 2.45) is 11.8 Å². The number of allylic oxidation sites excluding steroid dienone is 2. The number of hydrogen-bond acceptors (Lipinski definition) is 0. The summed E-state index contributed by atoms with van der Waals surface area (Å²) in [4.78, 5) is 0. The number of alkyl halides is 1. The fourth-order valence-corrected chi connectivity index (χ4v) is 2.73. The molecule has 0 amide bonds. The van der Waals surface area contributed by atoms with Crippen molar-refractivity contribution in [2.75, 3.05) is 0 Å². The number of hydrogen-bond donors (Lipinski definition) is 0.